The Hall–Kier alpha value is -7.56. The van der Waals surface area contributed by atoms with E-state index in [1.165, 1.54) is 35.4 Å². The standard InChI is InChI=1S/C18H16ClNO2.C18H17NO3.C18H17NO2/c1-11-6-13-7-12(2-4-17(13)20-11)8-16(21)10-14-9-15(19)3-5-18(14)22;1-11-6-13-7-12(2-4-17(13)19-11)8-16(21)10-14-9-15(20)3-5-18(14)22;1-12-8-15-9-13(6-7-17(15)19-12)10-16(20)11-14-4-2-3-5-18(14)21/h2-5,7,9,20,22H,1,6,8,10H2;2-5,7,9,19-20,22H,1,6,8,10H2;2-7,9,19,21H,1,8,10-11H2. The van der Waals surface area contributed by atoms with Crippen LogP contribution < -0.4 is 16.0 Å². The Labute approximate surface area is 383 Å². The van der Waals surface area contributed by atoms with Crippen LogP contribution in [-0.4, -0.2) is 37.8 Å². The van der Waals surface area contributed by atoms with Crippen molar-refractivity contribution in [2.75, 3.05) is 16.0 Å². The molecule has 6 aromatic carbocycles. The smallest absolute Gasteiger partial charge is 0.141 e. The van der Waals surface area contributed by atoms with Crippen molar-refractivity contribution in [2.45, 2.75) is 57.8 Å². The van der Waals surface area contributed by atoms with Gasteiger partial charge in [0, 0.05) is 114 Å². The number of para-hydroxylation sites is 1. The van der Waals surface area contributed by atoms with Crippen LogP contribution in [0.5, 0.6) is 23.0 Å². The van der Waals surface area contributed by atoms with Gasteiger partial charge in [0.2, 0.25) is 0 Å². The molecule has 0 saturated heterocycles. The highest BCUT2D eigenvalue weighted by Gasteiger charge is 2.18. The van der Waals surface area contributed by atoms with Crippen LogP contribution >= 0.6 is 11.6 Å². The van der Waals surface area contributed by atoms with Gasteiger partial charge < -0.3 is 36.4 Å². The molecule has 0 radical (unpaired) electrons. The van der Waals surface area contributed by atoms with Crippen molar-refractivity contribution in [3.05, 3.63) is 207 Å². The lowest BCUT2D eigenvalue weighted by Crippen LogP contribution is -2.07. The van der Waals surface area contributed by atoms with Crippen LogP contribution in [0.1, 0.15) is 50.1 Å². The Morgan fingerprint density at radius 1 is 0.446 bits per heavy atom. The number of halogens is 1. The molecule has 0 amide bonds. The Kier molecular flexibility index (Phi) is 14.2. The van der Waals surface area contributed by atoms with E-state index in [1.807, 2.05) is 54.6 Å². The number of phenolic OH excluding ortho intramolecular Hbond substituents is 4. The highest BCUT2D eigenvalue weighted by atomic mass is 35.5. The molecule has 0 aliphatic carbocycles. The molecule has 0 unspecified atom stereocenters. The predicted molar refractivity (Wildman–Crippen MR) is 257 cm³/mol. The number of benzene rings is 6. The van der Waals surface area contributed by atoms with Crippen molar-refractivity contribution in [3.63, 3.8) is 0 Å². The molecule has 0 spiro atoms. The minimum absolute atomic E-state index is 0.00867. The molecule has 7 N–H and O–H groups in total. The fourth-order valence-electron chi connectivity index (χ4n) is 8.05. The van der Waals surface area contributed by atoms with E-state index in [1.54, 1.807) is 30.3 Å². The minimum Gasteiger partial charge on any atom is -0.508 e. The minimum atomic E-state index is -0.00867. The first-order valence-corrected chi connectivity index (χ1v) is 21.5. The van der Waals surface area contributed by atoms with Gasteiger partial charge in [-0.15, -0.1) is 0 Å². The fourth-order valence-corrected chi connectivity index (χ4v) is 8.24. The highest BCUT2D eigenvalue weighted by Crippen LogP contribution is 2.31. The number of hydrogen-bond donors (Lipinski definition) is 7. The van der Waals surface area contributed by atoms with Gasteiger partial charge in [-0.3, -0.25) is 14.4 Å². The van der Waals surface area contributed by atoms with Crippen LogP contribution in [0.2, 0.25) is 5.02 Å². The third-order valence-electron chi connectivity index (χ3n) is 11.1. The number of ketones is 3. The van der Waals surface area contributed by atoms with E-state index in [2.05, 4.69) is 41.8 Å². The van der Waals surface area contributed by atoms with Gasteiger partial charge in [0.25, 0.3) is 0 Å². The van der Waals surface area contributed by atoms with E-state index in [0.717, 1.165) is 75.7 Å². The maximum Gasteiger partial charge on any atom is 0.141 e. The zero-order valence-electron chi connectivity index (χ0n) is 35.8. The van der Waals surface area contributed by atoms with E-state index in [4.69, 9.17) is 11.6 Å². The monoisotopic (exact) mass is 887 g/mol. The molecule has 0 aromatic heterocycles. The van der Waals surface area contributed by atoms with Gasteiger partial charge in [0.1, 0.15) is 40.3 Å². The molecule has 0 atom stereocenters. The van der Waals surface area contributed by atoms with Gasteiger partial charge in [-0.05, 0) is 94.0 Å². The summed E-state index contributed by atoms with van der Waals surface area (Å²) in [5, 5.41) is 48.8. The lowest BCUT2D eigenvalue weighted by molar-refractivity contribution is -0.118. The number of Topliss-reactive ketones (excluding diaryl/α,β-unsaturated/α-hetero) is 3. The van der Waals surface area contributed by atoms with Crippen molar-refractivity contribution in [1.29, 1.82) is 0 Å². The average Bonchev–Trinajstić information content (AvgIpc) is 3.94. The average molecular weight is 888 g/mol. The van der Waals surface area contributed by atoms with Gasteiger partial charge in [-0.25, -0.2) is 0 Å². The third-order valence-corrected chi connectivity index (χ3v) is 11.4. The van der Waals surface area contributed by atoms with Crippen LogP contribution in [-0.2, 0) is 72.2 Å². The zero-order chi connectivity index (χ0) is 46.2. The number of allylic oxidation sites excluding steroid dienone is 3. The third kappa shape index (κ3) is 12.3. The molecular weight excluding hydrogens is 838 g/mol. The second-order valence-electron chi connectivity index (χ2n) is 16.6. The molecule has 11 heteroatoms. The molecule has 0 saturated carbocycles. The molecule has 0 bridgehead atoms. The van der Waals surface area contributed by atoms with Gasteiger partial charge in [0.15, 0.2) is 0 Å². The number of fused-ring (bicyclic) bond motifs is 3. The van der Waals surface area contributed by atoms with Crippen LogP contribution in [0.15, 0.2) is 152 Å². The second-order valence-corrected chi connectivity index (χ2v) is 17.0. The molecule has 3 aliphatic rings. The summed E-state index contributed by atoms with van der Waals surface area (Å²) in [7, 11) is 0. The van der Waals surface area contributed by atoms with Gasteiger partial charge in [-0.1, -0.05) is 85.9 Å². The van der Waals surface area contributed by atoms with Crippen molar-refractivity contribution in [3.8, 4) is 23.0 Å². The number of hydrogen-bond acceptors (Lipinski definition) is 10. The number of carbonyl (C=O) groups is 3. The quantitative estimate of drug-likeness (QED) is 0.0588. The summed E-state index contributed by atoms with van der Waals surface area (Å²) in [5.41, 5.74) is 14.2. The molecule has 0 fully saturated rings. The van der Waals surface area contributed by atoms with Crippen molar-refractivity contribution >= 4 is 46.0 Å². The van der Waals surface area contributed by atoms with E-state index in [-0.39, 0.29) is 59.6 Å². The van der Waals surface area contributed by atoms with Crippen LogP contribution in [0.25, 0.3) is 0 Å². The Morgan fingerprint density at radius 3 is 1.28 bits per heavy atom. The van der Waals surface area contributed by atoms with Crippen LogP contribution in [0.3, 0.4) is 0 Å². The Morgan fingerprint density at radius 2 is 0.831 bits per heavy atom. The molecule has 6 aromatic rings. The van der Waals surface area contributed by atoms with E-state index < -0.39 is 0 Å². The number of nitrogens with one attached hydrogen (secondary N) is 3. The lowest BCUT2D eigenvalue weighted by atomic mass is 10.00. The number of phenols is 4. The highest BCUT2D eigenvalue weighted by molar-refractivity contribution is 6.30. The summed E-state index contributed by atoms with van der Waals surface area (Å²) in [6.45, 7) is 11.7. The maximum atomic E-state index is 12.2. The Balaban J connectivity index is 0.000000145. The molecule has 3 aliphatic heterocycles. The largest absolute Gasteiger partial charge is 0.508 e. The van der Waals surface area contributed by atoms with E-state index >= 15 is 0 Å². The SMILES string of the molecule is C=C1Cc2cc(CC(=O)Cc3cc(Cl)ccc3O)ccc2N1.C=C1Cc2cc(CC(=O)Cc3cc(O)ccc3O)ccc2N1.C=C1Cc2cc(CC(=O)Cc3ccccc3O)ccc2N1. The number of aromatic hydroxyl groups is 4. The predicted octanol–water partition coefficient (Wildman–Crippen LogP) is 10.0. The normalized spacial score (nSPS) is 12.8. The lowest BCUT2D eigenvalue weighted by Gasteiger charge is -2.06. The van der Waals surface area contributed by atoms with Crippen LogP contribution in [0, 0.1) is 0 Å². The summed E-state index contributed by atoms with van der Waals surface area (Å²) in [6.07, 6.45) is 3.95. The first-order chi connectivity index (χ1) is 31.1. The van der Waals surface area contributed by atoms with Gasteiger partial charge in [0.05, 0.1) is 0 Å². The first-order valence-electron chi connectivity index (χ1n) is 21.1. The van der Waals surface area contributed by atoms with E-state index in [9.17, 15) is 34.8 Å². The summed E-state index contributed by atoms with van der Waals surface area (Å²) in [5.74, 6) is 0.491. The van der Waals surface area contributed by atoms with E-state index in [0.29, 0.717) is 41.0 Å². The molecule has 9 rings (SSSR count). The van der Waals surface area contributed by atoms with Crippen molar-refractivity contribution < 1.29 is 34.8 Å². The van der Waals surface area contributed by atoms with Gasteiger partial charge in [-0.2, -0.15) is 0 Å². The summed E-state index contributed by atoms with van der Waals surface area (Å²) in [6, 6.07) is 33.8. The number of carbonyl (C=O) groups excluding carboxylic acids is 3. The topological polar surface area (TPSA) is 168 Å². The van der Waals surface area contributed by atoms with Crippen molar-refractivity contribution in [1.82, 2.24) is 0 Å². The summed E-state index contributed by atoms with van der Waals surface area (Å²) >= 11 is 5.90. The maximum absolute atomic E-state index is 12.2. The first kappa shape index (κ1) is 45.5. The van der Waals surface area contributed by atoms with Gasteiger partial charge >= 0.3 is 0 Å². The Bertz CT molecular complexity index is 2740. The molecular formula is C54H50ClN3O7. The molecule has 330 valence electrons. The molecule has 3 heterocycles. The van der Waals surface area contributed by atoms with Crippen LogP contribution in [0.4, 0.5) is 17.1 Å². The second kappa shape index (κ2) is 20.3. The summed E-state index contributed by atoms with van der Waals surface area (Å²) < 4.78 is 0. The molecule has 65 heavy (non-hydrogen) atoms. The molecule has 10 nitrogen and oxygen atoms in total. The number of anilines is 3. The zero-order valence-corrected chi connectivity index (χ0v) is 36.6. The fraction of sp³-hybridized carbons (Fsp3) is 0.167. The van der Waals surface area contributed by atoms with Crippen molar-refractivity contribution in [2.24, 2.45) is 0 Å². The number of rotatable bonds is 12. The summed E-state index contributed by atoms with van der Waals surface area (Å²) in [4.78, 5) is 36.6.